The van der Waals surface area contributed by atoms with Gasteiger partial charge in [-0.25, -0.2) is 4.79 Å². The van der Waals surface area contributed by atoms with Gasteiger partial charge in [0.15, 0.2) is 0 Å². The molecule has 0 amide bonds. The normalized spacial score (nSPS) is 16.3. The van der Waals surface area contributed by atoms with Crippen molar-refractivity contribution in [3.05, 3.63) is 99.0 Å². The summed E-state index contributed by atoms with van der Waals surface area (Å²) in [7, 11) is 1.33. The maximum absolute atomic E-state index is 12.8. The van der Waals surface area contributed by atoms with Gasteiger partial charge in [0, 0.05) is 41.0 Å². The van der Waals surface area contributed by atoms with Crippen molar-refractivity contribution >= 4 is 28.1 Å². The fraction of sp³-hybridized carbons (Fsp3) is 0.167. The molecule has 156 valence electrons. The van der Waals surface area contributed by atoms with Gasteiger partial charge in [-0.3, -0.25) is 15.1 Å². The molecule has 0 radical (unpaired) electrons. The molecule has 31 heavy (non-hydrogen) atoms. The van der Waals surface area contributed by atoms with E-state index < -0.39 is 16.8 Å². The van der Waals surface area contributed by atoms with E-state index in [1.54, 1.807) is 25.3 Å². The third-order valence-electron chi connectivity index (χ3n) is 5.48. The molecule has 1 aromatic heterocycles. The van der Waals surface area contributed by atoms with Gasteiger partial charge in [-0.15, -0.1) is 0 Å². The summed E-state index contributed by atoms with van der Waals surface area (Å²) >= 11 is 0. The standard InChI is InChI=1S/C24H21N3O4/c1-14-21(18-11-16-7-4-5-10-20(16)25-13-18)23(22(15(2)26-14)24(28)31-3)17-8-6-9-19(12-17)27(29)30/h4-13,23,26H,1-3H3. The van der Waals surface area contributed by atoms with Gasteiger partial charge in [-0.1, -0.05) is 30.3 Å². The first-order valence-corrected chi connectivity index (χ1v) is 9.77. The number of allylic oxidation sites excluding steroid dienone is 3. The zero-order valence-electron chi connectivity index (χ0n) is 17.4. The third kappa shape index (κ3) is 3.66. The number of methoxy groups -OCH3 is 1. The van der Waals surface area contributed by atoms with Crippen LogP contribution in [0.2, 0.25) is 0 Å². The highest BCUT2D eigenvalue weighted by molar-refractivity contribution is 5.98. The molecule has 0 saturated carbocycles. The number of dihydropyridines is 1. The Morgan fingerprint density at radius 3 is 2.61 bits per heavy atom. The predicted octanol–water partition coefficient (Wildman–Crippen LogP) is 4.71. The Hall–Kier alpha value is -4.00. The Morgan fingerprint density at radius 1 is 1.10 bits per heavy atom. The second-order valence-corrected chi connectivity index (χ2v) is 7.40. The summed E-state index contributed by atoms with van der Waals surface area (Å²) in [4.78, 5) is 28.3. The van der Waals surface area contributed by atoms with E-state index in [4.69, 9.17) is 4.74 Å². The quantitative estimate of drug-likeness (QED) is 0.377. The van der Waals surface area contributed by atoms with Gasteiger partial charge in [-0.05, 0) is 42.7 Å². The largest absolute Gasteiger partial charge is 0.466 e. The summed E-state index contributed by atoms with van der Waals surface area (Å²) in [6.07, 6.45) is 1.77. The second kappa shape index (κ2) is 8.02. The van der Waals surface area contributed by atoms with Gasteiger partial charge in [-0.2, -0.15) is 0 Å². The van der Waals surface area contributed by atoms with E-state index >= 15 is 0 Å². The van der Waals surface area contributed by atoms with E-state index in [0.717, 1.165) is 27.7 Å². The van der Waals surface area contributed by atoms with Crippen molar-refractivity contribution in [1.29, 1.82) is 0 Å². The van der Waals surface area contributed by atoms with Crippen molar-refractivity contribution < 1.29 is 14.5 Å². The smallest absolute Gasteiger partial charge is 0.336 e. The number of esters is 1. The minimum absolute atomic E-state index is 0.0356. The molecular formula is C24H21N3O4. The number of carbonyl (C=O) groups is 1. The highest BCUT2D eigenvalue weighted by Gasteiger charge is 2.35. The van der Waals surface area contributed by atoms with Crippen LogP contribution in [0.25, 0.3) is 16.5 Å². The molecule has 7 heteroatoms. The molecule has 1 unspecified atom stereocenters. The van der Waals surface area contributed by atoms with Crippen molar-refractivity contribution in [1.82, 2.24) is 10.3 Å². The SMILES string of the molecule is COC(=O)C1=C(C)NC(C)=C(c2cnc3ccccc3c2)C1c1cccc([N+](=O)[O-])c1. The summed E-state index contributed by atoms with van der Waals surface area (Å²) in [6.45, 7) is 3.72. The van der Waals surface area contributed by atoms with Crippen LogP contribution in [0.15, 0.2) is 77.8 Å². The number of hydrogen-bond acceptors (Lipinski definition) is 6. The fourth-order valence-electron chi connectivity index (χ4n) is 4.13. The van der Waals surface area contributed by atoms with E-state index in [2.05, 4.69) is 10.3 Å². The maximum atomic E-state index is 12.8. The van der Waals surface area contributed by atoms with Crippen LogP contribution in [0.5, 0.6) is 0 Å². The van der Waals surface area contributed by atoms with Gasteiger partial charge >= 0.3 is 5.97 Å². The molecule has 1 atom stereocenters. The first-order chi connectivity index (χ1) is 14.9. The Labute approximate surface area is 179 Å². The number of ether oxygens (including phenoxy) is 1. The maximum Gasteiger partial charge on any atom is 0.336 e. The molecule has 0 spiro atoms. The fourth-order valence-corrected chi connectivity index (χ4v) is 4.13. The monoisotopic (exact) mass is 415 g/mol. The second-order valence-electron chi connectivity index (χ2n) is 7.40. The minimum atomic E-state index is -0.545. The molecule has 0 aliphatic carbocycles. The number of rotatable bonds is 4. The zero-order valence-corrected chi connectivity index (χ0v) is 17.4. The van der Waals surface area contributed by atoms with E-state index in [0.29, 0.717) is 16.8 Å². The third-order valence-corrected chi connectivity index (χ3v) is 5.48. The lowest BCUT2D eigenvalue weighted by Crippen LogP contribution is -2.28. The Bertz CT molecular complexity index is 1280. The molecule has 1 aliphatic heterocycles. The van der Waals surface area contributed by atoms with Crippen LogP contribution in [0, 0.1) is 10.1 Å². The molecule has 2 aromatic carbocycles. The lowest BCUT2D eigenvalue weighted by Gasteiger charge is -2.31. The molecular weight excluding hydrogens is 394 g/mol. The number of nitrogens with one attached hydrogen (secondary N) is 1. The van der Waals surface area contributed by atoms with Crippen molar-refractivity contribution in [2.75, 3.05) is 7.11 Å². The van der Waals surface area contributed by atoms with Crippen LogP contribution in [0.1, 0.15) is 30.9 Å². The van der Waals surface area contributed by atoms with Gasteiger partial charge in [0.1, 0.15) is 0 Å². The number of carbonyl (C=O) groups excluding carboxylic acids is 1. The Morgan fingerprint density at radius 2 is 1.87 bits per heavy atom. The molecule has 0 fully saturated rings. The number of benzene rings is 2. The van der Waals surface area contributed by atoms with E-state index in [9.17, 15) is 14.9 Å². The molecule has 0 saturated heterocycles. The summed E-state index contributed by atoms with van der Waals surface area (Å²) in [5.74, 6) is -1.03. The van der Waals surface area contributed by atoms with Crippen LogP contribution >= 0.6 is 0 Å². The van der Waals surface area contributed by atoms with Gasteiger partial charge in [0.2, 0.25) is 0 Å². The predicted molar refractivity (Wildman–Crippen MR) is 118 cm³/mol. The average molecular weight is 415 g/mol. The number of nitrogens with zero attached hydrogens (tertiary/aromatic N) is 2. The van der Waals surface area contributed by atoms with E-state index in [1.807, 2.05) is 37.3 Å². The first-order valence-electron chi connectivity index (χ1n) is 9.77. The molecule has 1 aliphatic rings. The van der Waals surface area contributed by atoms with Crippen molar-refractivity contribution in [2.45, 2.75) is 19.8 Å². The van der Waals surface area contributed by atoms with Crippen molar-refractivity contribution in [2.24, 2.45) is 0 Å². The number of aromatic nitrogens is 1. The van der Waals surface area contributed by atoms with Crippen LogP contribution in [-0.2, 0) is 9.53 Å². The number of pyridine rings is 1. The Balaban J connectivity index is 1.96. The van der Waals surface area contributed by atoms with Gasteiger partial charge in [0.25, 0.3) is 5.69 Å². The summed E-state index contributed by atoms with van der Waals surface area (Å²) in [5.41, 5.74) is 5.03. The molecule has 3 aromatic rings. The number of non-ortho nitro benzene ring substituents is 1. The van der Waals surface area contributed by atoms with Crippen LogP contribution in [-0.4, -0.2) is 23.0 Å². The zero-order chi connectivity index (χ0) is 22.1. The molecule has 0 bridgehead atoms. The molecule has 7 nitrogen and oxygen atoms in total. The summed E-state index contributed by atoms with van der Waals surface area (Å²) < 4.78 is 5.07. The topological polar surface area (TPSA) is 94.4 Å². The number of fused-ring (bicyclic) bond motifs is 1. The van der Waals surface area contributed by atoms with E-state index in [1.165, 1.54) is 19.2 Å². The lowest BCUT2D eigenvalue weighted by molar-refractivity contribution is -0.384. The number of nitro benzene ring substituents is 1. The molecule has 1 N–H and O–H groups in total. The molecule has 2 heterocycles. The number of nitro groups is 1. The van der Waals surface area contributed by atoms with Crippen molar-refractivity contribution in [3.63, 3.8) is 0 Å². The highest BCUT2D eigenvalue weighted by atomic mass is 16.6. The molecule has 4 rings (SSSR count). The highest BCUT2D eigenvalue weighted by Crippen LogP contribution is 2.44. The Kier molecular flexibility index (Phi) is 5.25. The van der Waals surface area contributed by atoms with Gasteiger partial charge < -0.3 is 10.1 Å². The van der Waals surface area contributed by atoms with E-state index in [-0.39, 0.29) is 5.69 Å². The summed E-state index contributed by atoms with van der Waals surface area (Å²) in [5, 5.41) is 15.6. The number of hydrogen-bond donors (Lipinski definition) is 1. The number of para-hydroxylation sites is 1. The minimum Gasteiger partial charge on any atom is -0.466 e. The van der Waals surface area contributed by atoms with Crippen molar-refractivity contribution in [3.8, 4) is 0 Å². The average Bonchev–Trinajstić information content (AvgIpc) is 2.78. The lowest BCUT2D eigenvalue weighted by atomic mass is 9.77. The van der Waals surface area contributed by atoms with Crippen LogP contribution in [0.4, 0.5) is 5.69 Å². The van der Waals surface area contributed by atoms with Crippen LogP contribution < -0.4 is 5.32 Å². The summed E-state index contributed by atoms with van der Waals surface area (Å²) in [6, 6.07) is 16.2. The first kappa shape index (κ1) is 20.3. The van der Waals surface area contributed by atoms with Crippen LogP contribution in [0.3, 0.4) is 0 Å². The van der Waals surface area contributed by atoms with Gasteiger partial charge in [0.05, 0.1) is 23.1 Å².